The molecule has 1 amide bonds. The molecule has 2 aromatic rings. The van der Waals surface area contributed by atoms with Crippen molar-refractivity contribution in [2.75, 3.05) is 18.5 Å². The lowest BCUT2D eigenvalue weighted by molar-refractivity contribution is -0.116. The average Bonchev–Trinajstić information content (AvgIpc) is 3.15. The number of benzene rings is 2. The van der Waals surface area contributed by atoms with Crippen molar-refractivity contribution in [3.63, 3.8) is 0 Å². The molecule has 2 atom stereocenters. The predicted molar refractivity (Wildman–Crippen MR) is 110 cm³/mol. The summed E-state index contributed by atoms with van der Waals surface area (Å²) in [4.78, 5) is 12.4. The lowest BCUT2D eigenvalue weighted by Gasteiger charge is -2.17. The van der Waals surface area contributed by atoms with Crippen molar-refractivity contribution in [3.8, 4) is 5.75 Å². The van der Waals surface area contributed by atoms with Crippen molar-refractivity contribution in [1.82, 2.24) is 0 Å². The van der Waals surface area contributed by atoms with Crippen LogP contribution < -0.4 is 15.8 Å². The first kappa shape index (κ1) is 21.5. The van der Waals surface area contributed by atoms with Crippen LogP contribution in [-0.2, 0) is 9.53 Å². The van der Waals surface area contributed by atoms with Crippen LogP contribution in [0.25, 0.3) is 0 Å². The zero-order valence-electron chi connectivity index (χ0n) is 14.9. The molecule has 0 aliphatic carbocycles. The maximum atomic E-state index is 12.4. The highest BCUT2D eigenvalue weighted by Gasteiger charge is 2.18. The molecule has 5 nitrogen and oxygen atoms in total. The first-order chi connectivity index (χ1) is 12.6. The van der Waals surface area contributed by atoms with E-state index in [9.17, 15) is 4.79 Å². The molecule has 146 valence electrons. The molecular weight excluding hydrogens is 387 g/mol. The fourth-order valence-electron chi connectivity index (χ4n) is 2.90. The molecular formula is C20H24Cl2N2O3. The summed E-state index contributed by atoms with van der Waals surface area (Å²) in [7, 11) is 0. The molecule has 27 heavy (non-hydrogen) atoms. The second-order valence-corrected chi connectivity index (χ2v) is 6.79. The molecule has 0 saturated carbocycles. The quantitative estimate of drug-likeness (QED) is 0.711. The van der Waals surface area contributed by atoms with Crippen molar-refractivity contribution < 1.29 is 14.3 Å². The summed E-state index contributed by atoms with van der Waals surface area (Å²) in [6, 6.07) is 14.3. The highest BCUT2D eigenvalue weighted by Crippen LogP contribution is 2.29. The van der Waals surface area contributed by atoms with E-state index >= 15 is 0 Å². The molecule has 3 N–H and O–H groups in total. The van der Waals surface area contributed by atoms with Crippen molar-refractivity contribution in [3.05, 3.63) is 59.1 Å². The number of carbonyl (C=O) groups excluding carboxylic acids is 1. The first-order valence-corrected chi connectivity index (χ1v) is 9.14. The average molecular weight is 411 g/mol. The highest BCUT2D eigenvalue weighted by atomic mass is 35.5. The molecule has 3 rings (SSSR count). The molecule has 7 heteroatoms. The zero-order valence-corrected chi connectivity index (χ0v) is 16.5. The van der Waals surface area contributed by atoms with E-state index in [2.05, 4.69) is 5.32 Å². The second kappa shape index (κ2) is 10.5. The normalized spacial score (nSPS) is 17.0. The molecule has 0 spiro atoms. The van der Waals surface area contributed by atoms with Crippen molar-refractivity contribution in [1.29, 1.82) is 0 Å². The lowest BCUT2D eigenvalue weighted by Crippen LogP contribution is -2.21. The Bertz CT molecular complexity index is 737. The van der Waals surface area contributed by atoms with E-state index in [0.29, 0.717) is 23.1 Å². The Morgan fingerprint density at radius 3 is 2.78 bits per heavy atom. The van der Waals surface area contributed by atoms with Gasteiger partial charge in [-0.15, -0.1) is 12.4 Å². The van der Waals surface area contributed by atoms with E-state index in [-0.39, 0.29) is 36.9 Å². The van der Waals surface area contributed by atoms with Crippen LogP contribution in [0.15, 0.2) is 48.5 Å². The summed E-state index contributed by atoms with van der Waals surface area (Å²) < 4.78 is 11.4. The van der Waals surface area contributed by atoms with Crippen molar-refractivity contribution >= 4 is 35.6 Å². The minimum absolute atomic E-state index is 0. The fraction of sp³-hybridized carbons (Fsp3) is 0.350. The van der Waals surface area contributed by atoms with Gasteiger partial charge in [0.2, 0.25) is 5.91 Å². The van der Waals surface area contributed by atoms with Gasteiger partial charge in [0.25, 0.3) is 0 Å². The van der Waals surface area contributed by atoms with Gasteiger partial charge in [-0.1, -0.05) is 41.9 Å². The summed E-state index contributed by atoms with van der Waals surface area (Å²) in [6.45, 7) is 1.23. The Morgan fingerprint density at radius 2 is 2.07 bits per heavy atom. The van der Waals surface area contributed by atoms with Gasteiger partial charge in [0.15, 0.2) is 0 Å². The Hall–Kier alpha value is -1.79. The number of rotatable bonds is 7. The fourth-order valence-corrected chi connectivity index (χ4v) is 3.08. The van der Waals surface area contributed by atoms with E-state index in [0.717, 1.165) is 25.0 Å². The molecule has 1 aliphatic heterocycles. The highest BCUT2D eigenvalue weighted by molar-refractivity contribution is 6.31. The Balaban J connectivity index is 0.00000261. The largest absolute Gasteiger partial charge is 0.489 e. The molecule has 0 aromatic heterocycles. The molecule has 2 aromatic carbocycles. The molecule has 1 heterocycles. The smallest absolute Gasteiger partial charge is 0.226 e. The number of anilines is 1. The summed E-state index contributed by atoms with van der Waals surface area (Å²) in [5, 5.41) is 3.38. The minimum Gasteiger partial charge on any atom is -0.489 e. The zero-order chi connectivity index (χ0) is 18.4. The molecule has 0 radical (unpaired) electrons. The van der Waals surface area contributed by atoms with E-state index < -0.39 is 0 Å². The number of nitrogens with two attached hydrogens (primary N) is 1. The number of halogens is 2. The van der Waals surface area contributed by atoms with Crippen molar-refractivity contribution in [2.45, 2.75) is 31.4 Å². The third kappa shape index (κ3) is 6.40. The summed E-state index contributed by atoms with van der Waals surface area (Å²) in [5.74, 6) is 0.386. The Morgan fingerprint density at radius 1 is 1.30 bits per heavy atom. The van der Waals surface area contributed by atoms with Crippen LogP contribution >= 0.6 is 24.0 Å². The summed E-state index contributed by atoms with van der Waals surface area (Å²) in [5.41, 5.74) is 7.59. The van der Waals surface area contributed by atoms with Crippen LogP contribution in [-0.4, -0.2) is 25.2 Å². The summed E-state index contributed by atoms with van der Waals surface area (Å²) >= 11 is 6.07. The van der Waals surface area contributed by atoms with E-state index in [1.54, 1.807) is 18.2 Å². The molecule has 1 saturated heterocycles. The predicted octanol–water partition coefficient (Wildman–Crippen LogP) is 4.35. The number of hydrogen-bond donors (Lipinski definition) is 2. The third-order valence-corrected chi connectivity index (χ3v) is 4.53. The Kier molecular flexibility index (Phi) is 8.38. The van der Waals surface area contributed by atoms with Gasteiger partial charge in [0.1, 0.15) is 12.4 Å². The van der Waals surface area contributed by atoms with E-state index in [1.807, 2.05) is 30.3 Å². The van der Waals surface area contributed by atoms with Crippen LogP contribution in [0.1, 0.15) is 30.9 Å². The van der Waals surface area contributed by atoms with Crippen LogP contribution in [0, 0.1) is 0 Å². The van der Waals surface area contributed by atoms with Crippen LogP contribution in [0.3, 0.4) is 0 Å². The van der Waals surface area contributed by atoms with Crippen LogP contribution in [0.5, 0.6) is 5.75 Å². The number of hydrogen-bond acceptors (Lipinski definition) is 4. The molecule has 1 aliphatic rings. The SMILES string of the molecule is Cl.NC(CC(=O)Nc1cc(Cl)ccc1OCC1CCCO1)c1ccccc1. The van der Waals surface area contributed by atoms with Gasteiger partial charge in [-0.2, -0.15) is 0 Å². The second-order valence-electron chi connectivity index (χ2n) is 6.36. The Labute approximate surface area is 170 Å². The van der Waals surface area contributed by atoms with Gasteiger partial charge in [0, 0.05) is 24.1 Å². The van der Waals surface area contributed by atoms with Gasteiger partial charge < -0.3 is 20.5 Å². The molecule has 1 fully saturated rings. The maximum Gasteiger partial charge on any atom is 0.226 e. The topological polar surface area (TPSA) is 73.6 Å². The maximum absolute atomic E-state index is 12.4. The van der Waals surface area contributed by atoms with Gasteiger partial charge in [-0.05, 0) is 36.6 Å². The standard InChI is InChI=1S/C20H23ClN2O3.ClH/c21-15-8-9-19(26-13-16-7-4-10-25-16)18(11-15)23-20(24)12-17(22)14-5-2-1-3-6-14;/h1-3,5-6,8-9,11,16-17H,4,7,10,12-13,22H2,(H,23,24);1H. The van der Waals surface area contributed by atoms with Gasteiger partial charge in [-0.25, -0.2) is 0 Å². The van der Waals surface area contributed by atoms with Gasteiger partial charge >= 0.3 is 0 Å². The van der Waals surface area contributed by atoms with Crippen LogP contribution in [0.2, 0.25) is 5.02 Å². The van der Waals surface area contributed by atoms with Gasteiger partial charge in [-0.3, -0.25) is 4.79 Å². The minimum atomic E-state index is -0.369. The molecule has 2 unspecified atom stereocenters. The summed E-state index contributed by atoms with van der Waals surface area (Å²) in [6.07, 6.45) is 2.30. The molecule has 0 bridgehead atoms. The number of nitrogens with one attached hydrogen (secondary N) is 1. The number of amides is 1. The third-order valence-electron chi connectivity index (χ3n) is 4.30. The number of ether oxygens (including phenoxy) is 2. The van der Waals surface area contributed by atoms with Gasteiger partial charge in [0.05, 0.1) is 11.8 Å². The number of carbonyl (C=O) groups is 1. The lowest BCUT2D eigenvalue weighted by atomic mass is 10.0. The monoisotopic (exact) mass is 410 g/mol. The van der Waals surface area contributed by atoms with E-state index in [1.165, 1.54) is 0 Å². The van der Waals surface area contributed by atoms with E-state index in [4.69, 9.17) is 26.8 Å². The van der Waals surface area contributed by atoms with Crippen molar-refractivity contribution in [2.24, 2.45) is 5.73 Å². The van der Waals surface area contributed by atoms with Crippen LogP contribution in [0.4, 0.5) is 5.69 Å². The first-order valence-electron chi connectivity index (χ1n) is 8.76.